The molecule has 0 fully saturated rings. The van der Waals surface area contributed by atoms with Crippen LogP contribution in [0.25, 0.3) is 11.4 Å². The number of H-pyrrole nitrogens is 2. The van der Waals surface area contributed by atoms with E-state index in [-0.39, 0.29) is 22.9 Å². The number of carbonyl (C=O) groups is 3. The Labute approximate surface area is 218 Å². The number of carboxylic acid groups (broad SMARTS) is 2. The molecule has 38 heavy (non-hydrogen) atoms. The topological polar surface area (TPSA) is 181 Å². The first-order valence-electron chi connectivity index (χ1n) is 11.5. The minimum atomic E-state index is -5.19. The van der Waals surface area contributed by atoms with Crippen molar-refractivity contribution >= 4 is 46.5 Å². The highest BCUT2D eigenvalue weighted by molar-refractivity contribution is 6.31. The Kier molecular flexibility index (Phi) is 7.09. The average Bonchev–Trinajstić information content (AvgIpc) is 3.28. The molecule has 4 N–H and O–H groups in total. The molecular weight excluding hydrogens is 556 g/mol. The minimum Gasteiger partial charge on any atom is -0.542 e. The number of nitrogens with zero attached hydrogens (tertiary/aromatic N) is 3. The third-order valence-corrected chi connectivity index (χ3v) is 3.88. The zero-order valence-electron chi connectivity index (χ0n) is 22.9. The molecule has 0 unspecified atom stereocenters. The summed E-state index contributed by atoms with van der Waals surface area (Å²) in [5, 5.41) is 27.4. The highest BCUT2D eigenvalue weighted by Crippen LogP contribution is 2.28. The van der Waals surface area contributed by atoms with E-state index in [1.165, 1.54) is 35.3 Å². The molecule has 0 aliphatic carbocycles. The zero-order valence-corrected chi connectivity index (χ0v) is 18.6. The third-order valence-electron chi connectivity index (χ3n) is 3.64. The van der Waals surface area contributed by atoms with Crippen LogP contribution in [-0.4, -0.2) is 45.7 Å². The lowest BCUT2D eigenvalue weighted by Gasteiger charge is -2.15. The number of carbonyl (C=O) groups excluding carboxylic acids is 3. The summed E-state index contributed by atoms with van der Waals surface area (Å²) in [5.41, 5.74) is 0.409. The van der Waals surface area contributed by atoms with Gasteiger partial charge in [0.05, 0.1) is 17.4 Å². The summed E-state index contributed by atoms with van der Waals surface area (Å²) >= 11 is 6.02. The van der Waals surface area contributed by atoms with Crippen LogP contribution in [0.3, 0.4) is 0 Å². The van der Waals surface area contributed by atoms with E-state index in [0.29, 0.717) is 21.2 Å². The van der Waals surface area contributed by atoms with Crippen molar-refractivity contribution in [3.8, 4) is 5.69 Å². The lowest BCUT2D eigenvalue weighted by Crippen LogP contribution is -2.41. The van der Waals surface area contributed by atoms with Crippen molar-refractivity contribution in [1.82, 2.24) is 15.5 Å². The first-order chi connectivity index (χ1) is 19.7. The van der Waals surface area contributed by atoms with Crippen molar-refractivity contribution in [2.24, 2.45) is 0 Å². The third kappa shape index (κ3) is 8.43. The summed E-state index contributed by atoms with van der Waals surface area (Å²) in [6.45, 7) is 0. The van der Waals surface area contributed by atoms with Crippen LogP contribution in [0.1, 0.15) is 7.20 Å². The Hall–Kier alpha value is -4.74. The number of rotatable bonds is 2. The van der Waals surface area contributed by atoms with E-state index in [1.807, 2.05) is 0 Å². The second-order valence-corrected chi connectivity index (χ2v) is 6.77. The predicted molar refractivity (Wildman–Crippen MR) is 108 cm³/mol. The molecular formula is C19H12ClF6N7O5. The first-order valence-corrected chi connectivity index (χ1v) is 9.64. The summed E-state index contributed by atoms with van der Waals surface area (Å²) in [6, 6.07) is 6.81. The number of anilines is 2. The van der Waals surface area contributed by atoms with Gasteiger partial charge in [0.25, 0.3) is 5.91 Å². The van der Waals surface area contributed by atoms with E-state index in [9.17, 15) is 31.1 Å². The lowest BCUT2D eigenvalue weighted by molar-refractivity contribution is -0.662. The second kappa shape index (κ2) is 12.0. The molecule has 0 radical (unpaired) electrons. The van der Waals surface area contributed by atoms with Crippen molar-refractivity contribution in [3.63, 3.8) is 0 Å². The number of nitrogens with one attached hydrogen (secondary N) is 4. The number of benzene rings is 1. The van der Waals surface area contributed by atoms with E-state index in [2.05, 4.69) is 10.3 Å². The van der Waals surface area contributed by atoms with Crippen LogP contribution in [0, 0.1) is 0 Å². The highest BCUT2D eigenvalue weighted by atomic mass is 35.5. The van der Waals surface area contributed by atoms with E-state index in [4.69, 9.17) is 38.4 Å². The van der Waals surface area contributed by atoms with Crippen molar-refractivity contribution in [1.29, 1.82) is 0 Å². The fourth-order valence-corrected chi connectivity index (χ4v) is 2.35. The fraction of sp³-hybridized carbons (Fsp3) is 0.105. The van der Waals surface area contributed by atoms with Crippen molar-refractivity contribution in [2.75, 3.05) is 10.6 Å². The maximum absolute atomic E-state index is 12.8. The molecule has 0 saturated heterocycles. The number of hydrogen-bond donors (Lipinski definition) is 3. The number of pyridine rings is 1. The van der Waals surface area contributed by atoms with Crippen LogP contribution < -0.4 is 30.5 Å². The van der Waals surface area contributed by atoms with Crippen LogP contribution in [0.15, 0.2) is 48.8 Å². The zero-order chi connectivity index (χ0) is 33.0. The number of hydrogen-bond acceptors (Lipinski definition) is 8. The number of halogens is 7. The maximum atomic E-state index is 12.8. The Morgan fingerprint density at radius 1 is 1.18 bits per heavy atom. The molecule has 3 heterocycles. The van der Waals surface area contributed by atoms with Gasteiger partial charge in [-0.05, 0) is 29.5 Å². The number of carboxylic acids is 2. The molecule has 0 bridgehead atoms. The largest absolute Gasteiger partial charge is 0.542 e. The summed E-state index contributed by atoms with van der Waals surface area (Å²) in [5.74, 6) is -7.15. The van der Waals surface area contributed by atoms with Crippen LogP contribution >= 0.6 is 11.6 Å². The first kappa shape index (κ1) is 22.5. The SMILES string of the molecule is O=C([O-])C(F)(F)F.O=C([O-])C(F)(F)F.[2H]/C(C(=O)N([2H])c1ccc[n+]([2H])c1)=C1\c2nn([2H])n[n+]2-c2ccc(Cl)cc2N1[2H]. The number of aromatic nitrogens is 5. The van der Waals surface area contributed by atoms with E-state index < -0.39 is 36.3 Å². The Bertz CT molecular complexity index is 1570. The van der Waals surface area contributed by atoms with Crippen molar-refractivity contribution < 1.29 is 67.6 Å². The second-order valence-electron chi connectivity index (χ2n) is 6.33. The standard InChI is InChI=1S/C15H10ClN7O.2C2HF3O2/c16-9-3-4-13-11(6-9)19-12(15-20-21-22-23(13)15)7-14(24)18-10-2-1-5-17-8-10;2*3-2(4,5)1(6)7/h1-8H,(H2,18,19,24);2*(H,6,7)/i7D;;/hD4. The molecule has 1 aromatic carbocycles. The number of tetrazole rings is 1. The van der Waals surface area contributed by atoms with Crippen LogP contribution in [-0.2, 0) is 14.4 Å². The van der Waals surface area contributed by atoms with Gasteiger partial charge in [-0.15, -0.1) is 0 Å². The summed E-state index contributed by atoms with van der Waals surface area (Å²) in [6.07, 6.45) is -7.76. The molecule has 1 amide bonds. The van der Waals surface area contributed by atoms with Gasteiger partial charge in [-0.3, -0.25) is 4.79 Å². The molecule has 3 aromatic rings. The fourth-order valence-electron chi connectivity index (χ4n) is 2.18. The van der Waals surface area contributed by atoms with Gasteiger partial charge >= 0.3 is 21.0 Å². The lowest BCUT2D eigenvalue weighted by atomic mass is 10.2. The monoisotopic (exact) mass is 572 g/mol. The van der Waals surface area contributed by atoms with Gasteiger partial charge in [-0.25, -0.2) is 4.98 Å². The molecule has 202 valence electrons. The number of alkyl halides is 6. The summed E-state index contributed by atoms with van der Waals surface area (Å²) in [4.78, 5) is 31.3. The molecule has 1 aliphatic heterocycles. The highest BCUT2D eigenvalue weighted by Gasteiger charge is 2.30. The summed E-state index contributed by atoms with van der Waals surface area (Å²) < 4.78 is 104. The Morgan fingerprint density at radius 3 is 2.34 bits per heavy atom. The van der Waals surface area contributed by atoms with Crippen LogP contribution in [0.2, 0.25) is 10.7 Å². The van der Waals surface area contributed by atoms with Crippen LogP contribution in [0.4, 0.5) is 37.7 Å². The normalized spacial score (nSPS) is 15.2. The van der Waals surface area contributed by atoms with Crippen molar-refractivity contribution in [3.05, 3.63) is 59.6 Å². The Morgan fingerprint density at radius 2 is 1.79 bits per heavy atom. The molecule has 19 heteroatoms. The maximum Gasteiger partial charge on any atom is 0.453 e. The molecule has 2 aromatic heterocycles. The molecule has 0 spiro atoms. The van der Waals surface area contributed by atoms with Gasteiger partial charge in [0.2, 0.25) is 0 Å². The van der Waals surface area contributed by atoms with Gasteiger partial charge in [0, 0.05) is 17.1 Å². The molecule has 0 atom stereocenters. The van der Waals surface area contributed by atoms with E-state index in [0.717, 1.165) is 10.3 Å². The predicted octanol–water partition coefficient (Wildman–Crippen LogP) is -0.449. The quantitative estimate of drug-likeness (QED) is 0.210. The molecule has 4 rings (SSSR count). The van der Waals surface area contributed by atoms with Gasteiger partial charge in [0.15, 0.2) is 20.9 Å². The minimum absolute atomic E-state index is 0.0608. The average molecular weight is 573 g/mol. The number of amides is 1. The van der Waals surface area contributed by atoms with Crippen molar-refractivity contribution in [2.45, 2.75) is 12.4 Å². The molecule has 12 nitrogen and oxygen atoms in total. The summed E-state index contributed by atoms with van der Waals surface area (Å²) in [7, 11) is 0. The molecule has 1 aliphatic rings. The van der Waals surface area contributed by atoms with Crippen LogP contribution in [0.5, 0.6) is 0 Å². The Balaban J connectivity index is 0.000000384. The number of aliphatic carboxylic acids is 2. The van der Waals surface area contributed by atoms with Gasteiger partial charge in [0.1, 0.15) is 23.3 Å². The number of fused-ring (bicyclic) bond motifs is 3. The van der Waals surface area contributed by atoms with E-state index in [1.54, 1.807) is 12.1 Å². The van der Waals surface area contributed by atoms with Gasteiger partial charge in [-0.2, -0.15) is 26.3 Å². The van der Waals surface area contributed by atoms with E-state index >= 15 is 0 Å². The van der Waals surface area contributed by atoms with Gasteiger partial charge < -0.3 is 30.4 Å². The number of aromatic amines is 2. The molecule has 0 saturated carbocycles. The van der Waals surface area contributed by atoms with Gasteiger partial charge in [-0.1, -0.05) is 16.3 Å². The smallest absolute Gasteiger partial charge is 0.453 e.